The number of amides is 2. The molecular formula is C25H24N4O7S2. The van der Waals surface area contributed by atoms with Gasteiger partial charge in [-0.05, 0) is 42.0 Å². The Morgan fingerprint density at radius 1 is 1.24 bits per heavy atom. The van der Waals surface area contributed by atoms with Gasteiger partial charge in [0.15, 0.2) is 11.6 Å². The predicted molar refractivity (Wildman–Crippen MR) is 140 cm³/mol. The van der Waals surface area contributed by atoms with Crippen molar-refractivity contribution < 1.29 is 28.8 Å². The summed E-state index contributed by atoms with van der Waals surface area (Å²) in [5, 5.41) is 15.1. The molecule has 0 bridgehead atoms. The second-order valence-electron chi connectivity index (χ2n) is 8.82. The molecular weight excluding hydrogens is 532 g/mol. The Morgan fingerprint density at radius 2 is 2.05 bits per heavy atom. The van der Waals surface area contributed by atoms with Gasteiger partial charge in [0.2, 0.25) is 5.91 Å². The summed E-state index contributed by atoms with van der Waals surface area (Å²) in [4.78, 5) is 56.2. The van der Waals surface area contributed by atoms with Crippen molar-refractivity contribution in [2.75, 3.05) is 12.4 Å². The van der Waals surface area contributed by atoms with Crippen LogP contribution >= 0.6 is 23.1 Å². The van der Waals surface area contributed by atoms with Gasteiger partial charge in [0.25, 0.3) is 11.6 Å². The highest BCUT2D eigenvalue weighted by Crippen LogP contribution is 2.41. The summed E-state index contributed by atoms with van der Waals surface area (Å²) < 4.78 is 11.1. The molecule has 1 aromatic heterocycles. The number of β-lactam (4-membered cyclic amide) rings is 1. The van der Waals surface area contributed by atoms with E-state index in [2.05, 4.69) is 10.3 Å². The van der Waals surface area contributed by atoms with E-state index in [1.807, 2.05) is 17.5 Å². The van der Waals surface area contributed by atoms with Crippen molar-refractivity contribution in [1.82, 2.24) is 10.2 Å². The number of rotatable bonds is 8. The maximum Gasteiger partial charge on any atom is 0.357 e. The van der Waals surface area contributed by atoms with Gasteiger partial charge in [-0.1, -0.05) is 6.07 Å². The second-order valence-corrected chi connectivity index (χ2v) is 11.0. The molecule has 2 atom stereocenters. The molecule has 0 radical (unpaired) electrons. The van der Waals surface area contributed by atoms with Gasteiger partial charge < -0.3 is 14.8 Å². The van der Waals surface area contributed by atoms with Gasteiger partial charge in [-0.25, -0.2) is 9.79 Å². The number of thioether (sulfide) groups is 1. The van der Waals surface area contributed by atoms with Crippen LogP contribution in [0.15, 0.2) is 58.2 Å². The van der Waals surface area contributed by atoms with Crippen molar-refractivity contribution in [3.05, 3.63) is 73.7 Å². The molecule has 3 aliphatic heterocycles. The molecule has 2 amide bonds. The van der Waals surface area contributed by atoms with E-state index >= 15 is 0 Å². The van der Waals surface area contributed by atoms with E-state index in [1.54, 1.807) is 0 Å². The fourth-order valence-corrected chi connectivity index (χ4v) is 6.25. The maximum atomic E-state index is 13.3. The lowest BCUT2D eigenvalue weighted by molar-refractivity contribution is -0.384. The average Bonchev–Trinajstić information content (AvgIpc) is 3.44. The third-order valence-corrected chi connectivity index (χ3v) is 8.34. The van der Waals surface area contributed by atoms with Crippen molar-refractivity contribution in [3.63, 3.8) is 0 Å². The van der Waals surface area contributed by atoms with E-state index in [4.69, 9.17) is 9.47 Å². The number of hydrogen-bond acceptors (Lipinski definition) is 10. The van der Waals surface area contributed by atoms with Crippen LogP contribution in [0, 0.1) is 10.1 Å². The van der Waals surface area contributed by atoms with Crippen LogP contribution in [0.4, 0.5) is 5.69 Å². The molecule has 1 aromatic carbocycles. The van der Waals surface area contributed by atoms with Gasteiger partial charge in [0, 0.05) is 29.2 Å². The van der Waals surface area contributed by atoms with Crippen LogP contribution in [-0.2, 0) is 36.9 Å². The number of ether oxygens (including phenoxy) is 2. The monoisotopic (exact) mass is 556 g/mol. The molecule has 198 valence electrons. The first-order valence-electron chi connectivity index (χ1n) is 12.0. The Balaban J connectivity index is 1.33. The topological polar surface area (TPSA) is 140 Å². The smallest absolute Gasteiger partial charge is 0.357 e. The van der Waals surface area contributed by atoms with Crippen molar-refractivity contribution in [1.29, 1.82) is 0 Å². The molecule has 2 fully saturated rings. The highest BCUT2D eigenvalue weighted by atomic mass is 32.2. The highest BCUT2D eigenvalue weighted by molar-refractivity contribution is 8.00. The van der Waals surface area contributed by atoms with Crippen LogP contribution in [0.5, 0.6) is 0 Å². The first kappa shape index (κ1) is 25.9. The first-order chi connectivity index (χ1) is 18.4. The summed E-state index contributed by atoms with van der Waals surface area (Å²) >= 11 is 2.88. The normalized spacial score (nSPS) is 21.8. The maximum absolute atomic E-state index is 13.3. The van der Waals surface area contributed by atoms with E-state index in [1.165, 1.54) is 52.3 Å². The van der Waals surface area contributed by atoms with E-state index < -0.39 is 28.2 Å². The number of nitrogens with zero attached hydrogens (tertiary/aromatic N) is 3. The predicted octanol–water partition coefficient (Wildman–Crippen LogP) is 3.15. The molecule has 0 unspecified atom stereocenters. The van der Waals surface area contributed by atoms with Crippen molar-refractivity contribution >= 4 is 52.5 Å². The van der Waals surface area contributed by atoms with Crippen LogP contribution in [-0.4, -0.2) is 57.3 Å². The minimum atomic E-state index is -0.759. The van der Waals surface area contributed by atoms with Crippen LogP contribution in [0.25, 0.3) is 0 Å². The number of carbonyl (C=O) groups excluding carboxylic acids is 3. The van der Waals surface area contributed by atoms with Crippen molar-refractivity contribution in [2.24, 2.45) is 4.99 Å². The molecule has 0 aliphatic carbocycles. The van der Waals surface area contributed by atoms with Gasteiger partial charge >= 0.3 is 5.97 Å². The zero-order valence-corrected chi connectivity index (χ0v) is 21.8. The minimum absolute atomic E-state index is 0.0334. The number of aliphatic imine (C=N–C) groups is 1. The van der Waals surface area contributed by atoms with E-state index in [9.17, 15) is 24.5 Å². The SMILES string of the molecule is O=C(Cc1cccs1)N[C@@H]1C(=O)N2C(C(=O)OCc3ccc([N+](=O)[O-])cc3)=C(N=C3CCCCO3)CS[C@@H]12. The fourth-order valence-electron chi connectivity index (χ4n) is 4.28. The number of nitro benzene ring substituents is 1. The third kappa shape index (κ3) is 5.58. The minimum Gasteiger partial charge on any atom is -0.481 e. The number of non-ortho nitro benzene ring substituents is 1. The van der Waals surface area contributed by atoms with E-state index in [-0.39, 0.29) is 30.3 Å². The zero-order chi connectivity index (χ0) is 26.6. The molecule has 3 aliphatic rings. The average molecular weight is 557 g/mol. The summed E-state index contributed by atoms with van der Waals surface area (Å²) in [6.07, 6.45) is 2.66. The standard InChI is InChI=1S/C25H24N4O7S2/c30-19(12-17-4-3-11-37-17)27-21-23(31)28-22(18(14-38-24(21)28)26-20-5-1-2-10-35-20)25(32)36-13-15-6-8-16(9-7-15)29(33)34/h3-4,6-9,11,21,24H,1-2,5,10,12-14H2,(H,27,30)/t21-,24+/m1/s1. The van der Waals surface area contributed by atoms with Gasteiger partial charge in [-0.2, -0.15) is 0 Å². The number of esters is 1. The van der Waals surface area contributed by atoms with Gasteiger partial charge in [-0.3, -0.25) is 24.6 Å². The number of fused-ring (bicyclic) bond motifs is 1. The Labute approximate surface area is 226 Å². The molecule has 0 spiro atoms. The second kappa shape index (κ2) is 11.4. The lowest BCUT2D eigenvalue weighted by Crippen LogP contribution is -2.70. The van der Waals surface area contributed by atoms with Crippen molar-refractivity contribution in [2.45, 2.75) is 43.7 Å². The Kier molecular flexibility index (Phi) is 7.74. The molecule has 2 saturated heterocycles. The molecule has 11 nitrogen and oxygen atoms in total. The first-order valence-corrected chi connectivity index (χ1v) is 13.9. The molecule has 2 aromatic rings. The lowest BCUT2D eigenvalue weighted by Gasteiger charge is -2.49. The zero-order valence-electron chi connectivity index (χ0n) is 20.2. The van der Waals surface area contributed by atoms with Gasteiger partial charge in [0.05, 0.1) is 23.6 Å². The fraction of sp³-hybridized carbons (Fsp3) is 0.360. The highest BCUT2D eigenvalue weighted by Gasteiger charge is 2.54. The Morgan fingerprint density at radius 3 is 2.74 bits per heavy atom. The Bertz CT molecular complexity index is 1300. The van der Waals surface area contributed by atoms with Crippen LogP contribution in [0.3, 0.4) is 0 Å². The molecule has 38 heavy (non-hydrogen) atoms. The number of nitro groups is 1. The molecule has 0 saturated carbocycles. The largest absolute Gasteiger partial charge is 0.481 e. The third-order valence-electron chi connectivity index (χ3n) is 6.20. The number of nitrogens with one attached hydrogen (secondary N) is 1. The summed E-state index contributed by atoms with van der Waals surface area (Å²) in [6.45, 7) is 0.407. The summed E-state index contributed by atoms with van der Waals surface area (Å²) in [5.41, 5.74) is 0.905. The molecule has 13 heteroatoms. The van der Waals surface area contributed by atoms with Crippen molar-refractivity contribution in [3.8, 4) is 0 Å². The van der Waals surface area contributed by atoms with Gasteiger partial charge in [0.1, 0.15) is 18.0 Å². The van der Waals surface area contributed by atoms with Gasteiger partial charge in [-0.15, -0.1) is 23.1 Å². The summed E-state index contributed by atoms with van der Waals surface area (Å²) in [7, 11) is 0. The van der Waals surface area contributed by atoms with Crippen LogP contribution < -0.4 is 5.32 Å². The van der Waals surface area contributed by atoms with E-state index in [0.717, 1.165) is 17.7 Å². The summed E-state index contributed by atoms with van der Waals surface area (Å²) in [5.74, 6) is -0.564. The van der Waals surface area contributed by atoms with E-state index in [0.29, 0.717) is 35.9 Å². The summed E-state index contributed by atoms with van der Waals surface area (Å²) in [6, 6.07) is 8.62. The number of carbonyl (C=O) groups is 3. The Hall–Kier alpha value is -3.71. The number of thiophene rings is 1. The number of hydrogen-bond donors (Lipinski definition) is 1. The molecule has 1 N–H and O–H groups in total. The molecule has 4 heterocycles. The van der Waals surface area contributed by atoms with Crippen LogP contribution in [0.1, 0.15) is 29.7 Å². The number of benzene rings is 1. The quantitative estimate of drug-likeness (QED) is 0.226. The lowest BCUT2D eigenvalue weighted by atomic mass is 10.0. The van der Waals surface area contributed by atoms with Crippen LogP contribution in [0.2, 0.25) is 0 Å². The molecule has 5 rings (SSSR count).